The first-order valence-electron chi connectivity index (χ1n) is 12.6. The second-order valence-corrected chi connectivity index (χ2v) is 9.55. The van der Waals surface area contributed by atoms with Crippen molar-refractivity contribution in [3.8, 4) is 11.1 Å². The molecule has 2 aliphatic rings. The molecule has 1 saturated carbocycles. The van der Waals surface area contributed by atoms with Crippen LogP contribution in [0.2, 0.25) is 0 Å². The lowest BCUT2D eigenvalue weighted by Gasteiger charge is -2.33. The number of carboxylic acids is 1. The van der Waals surface area contributed by atoms with Gasteiger partial charge in [-0.05, 0) is 47.4 Å². The number of alkyl carbamates (subject to hydrolysis) is 1. The summed E-state index contributed by atoms with van der Waals surface area (Å²) in [5.74, 6) is -1.69. The Morgan fingerprint density at radius 1 is 1.03 bits per heavy atom. The quantitative estimate of drug-likeness (QED) is 0.434. The number of unbranched alkanes of at least 4 members (excludes halogenated alkanes) is 1. The molecule has 7 nitrogen and oxygen atoms in total. The average Bonchev–Trinajstić information content (AvgIpc) is 3.15. The largest absolute Gasteiger partial charge is 0.480 e. The van der Waals surface area contributed by atoms with Crippen LogP contribution < -0.4 is 10.6 Å². The molecule has 7 heteroatoms. The van der Waals surface area contributed by atoms with Gasteiger partial charge in [0.1, 0.15) is 12.6 Å². The Kier molecular flexibility index (Phi) is 8.06. The van der Waals surface area contributed by atoms with Crippen LogP contribution in [0.15, 0.2) is 48.5 Å². The molecule has 2 amide bonds. The van der Waals surface area contributed by atoms with Gasteiger partial charge in [-0.25, -0.2) is 9.59 Å². The first-order chi connectivity index (χ1) is 17.0. The predicted molar refractivity (Wildman–Crippen MR) is 133 cm³/mol. The molecule has 1 unspecified atom stereocenters. The fourth-order valence-corrected chi connectivity index (χ4v) is 5.10. The molecule has 0 aliphatic heterocycles. The van der Waals surface area contributed by atoms with E-state index in [1.807, 2.05) is 31.2 Å². The highest BCUT2D eigenvalue weighted by molar-refractivity contribution is 5.85. The zero-order valence-electron chi connectivity index (χ0n) is 20.2. The molecule has 186 valence electrons. The predicted octanol–water partition coefficient (Wildman–Crippen LogP) is 4.70. The van der Waals surface area contributed by atoms with Crippen molar-refractivity contribution < 1.29 is 24.2 Å². The van der Waals surface area contributed by atoms with Crippen molar-refractivity contribution in [3.63, 3.8) is 0 Å². The van der Waals surface area contributed by atoms with Crippen molar-refractivity contribution in [2.75, 3.05) is 13.2 Å². The van der Waals surface area contributed by atoms with Crippen LogP contribution in [0.3, 0.4) is 0 Å². The van der Waals surface area contributed by atoms with Gasteiger partial charge in [0.2, 0.25) is 5.91 Å². The smallest absolute Gasteiger partial charge is 0.407 e. The molecule has 0 aromatic heterocycles. The van der Waals surface area contributed by atoms with Crippen LogP contribution >= 0.6 is 0 Å². The number of ether oxygens (including phenoxy) is 1. The number of carboxylic acid groups (broad SMARTS) is 1. The maximum Gasteiger partial charge on any atom is 0.407 e. The van der Waals surface area contributed by atoms with Crippen molar-refractivity contribution in [1.29, 1.82) is 0 Å². The third-order valence-corrected chi connectivity index (χ3v) is 7.33. The van der Waals surface area contributed by atoms with Gasteiger partial charge in [0, 0.05) is 12.5 Å². The van der Waals surface area contributed by atoms with Gasteiger partial charge in [-0.15, -0.1) is 0 Å². The van der Waals surface area contributed by atoms with Gasteiger partial charge in [-0.2, -0.15) is 0 Å². The number of amides is 2. The summed E-state index contributed by atoms with van der Waals surface area (Å²) in [6, 6.07) is 15.4. The Bertz CT molecular complexity index is 1020. The molecule has 0 heterocycles. The van der Waals surface area contributed by atoms with Gasteiger partial charge in [-0.3, -0.25) is 4.79 Å². The minimum atomic E-state index is -1.02. The third-order valence-electron chi connectivity index (χ3n) is 7.33. The van der Waals surface area contributed by atoms with Crippen LogP contribution in [0.25, 0.3) is 11.1 Å². The highest BCUT2D eigenvalue weighted by atomic mass is 16.5. The number of hydrogen-bond donors (Lipinski definition) is 3. The summed E-state index contributed by atoms with van der Waals surface area (Å²) in [7, 11) is 0. The van der Waals surface area contributed by atoms with E-state index in [1.54, 1.807) is 0 Å². The number of hydrogen-bond acceptors (Lipinski definition) is 4. The Balaban J connectivity index is 1.34. The van der Waals surface area contributed by atoms with E-state index in [-0.39, 0.29) is 30.9 Å². The van der Waals surface area contributed by atoms with Crippen LogP contribution in [0.1, 0.15) is 62.5 Å². The van der Waals surface area contributed by atoms with E-state index in [4.69, 9.17) is 4.74 Å². The van der Waals surface area contributed by atoms with E-state index in [0.717, 1.165) is 54.4 Å². The van der Waals surface area contributed by atoms with Crippen LogP contribution in [0.4, 0.5) is 4.79 Å². The second kappa shape index (κ2) is 11.4. The van der Waals surface area contributed by atoms with E-state index in [2.05, 4.69) is 34.9 Å². The molecule has 1 fully saturated rings. The maximum absolute atomic E-state index is 12.9. The third kappa shape index (κ3) is 5.66. The number of rotatable bonds is 11. The molecule has 0 spiro atoms. The highest BCUT2D eigenvalue weighted by Gasteiger charge is 2.35. The van der Waals surface area contributed by atoms with Gasteiger partial charge >= 0.3 is 12.1 Å². The minimum Gasteiger partial charge on any atom is -0.480 e. The fourth-order valence-electron chi connectivity index (χ4n) is 5.10. The topological polar surface area (TPSA) is 105 Å². The van der Waals surface area contributed by atoms with Crippen molar-refractivity contribution >= 4 is 18.0 Å². The average molecular weight is 479 g/mol. The summed E-state index contributed by atoms with van der Waals surface area (Å²) in [5, 5.41) is 14.9. The van der Waals surface area contributed by atoms with Crippen LogP contribution in [0, 0.1) is 11.8 Å². The van der Waals surface area contributed by atoms with Crippen molar-refractivity contribution in [1.82, 2.24) is 10.6 Å². The molecule has 35 heavy (non-hydrogen) atoms. The number of nitrogens with one attached hydrogen (secondary N) is 2. The normalized spacial score (nSPS) is 16.4. The monoisotopic (exact) mass is 478 g/mol. The van der Waals surface area contributed by atoms with Crippen molar-refractivity contribution in [2.24, 2.45) is 11.8 Å². The van der Waals surface area contributed by atoms with E-state index >= 15 is 0 Å². The standard InChI is InChI=1S/C28H34N2O5/c1-2-3-15-25(27(32)33)30-26(31)23(18-9-8-10-18)16-29-28(34)35-17-24-21-13-6-4-11-19(21)20-12-5-7-14-22(20)24/h4-7,11-14,18,23-25H,2-3,8-10,15-17H2,1H3,(H,29,34)(H,30,31)(H,32,33)/t23?,25-/m0/s1. The number of benzene rings is 2. The molecule has 0 bridgehead atoms. The summed E-state index contributed by atoms with van der Waals surface area (Å²) >= 11 is 0. The van der Waals surface area contributed by atoms with Gasteiger partial charge in [0.15, 0.2) is 0 Å². The molecule has 2 atom stereocenters. The lowest BCUT2D eigenvalue weighted by Crippen LogP contribution is -2.49. The van der Waals surface area contributed by atoms with Crippen LogP contribution in [-0.4, -0.2) is 42.3 Å². The van der Waals surface area contributed by atoms with Crippen molar-refractivity contribution in [2.45, 2.75) is 57.4 Å². The molecular weight excluding hydrogens is 444 g/mol. The van der Waals surface area contributed by atoms with Gasteiger partial charge in [-0.1, -0.05) is 74.7 Å². The summed E-state index contributed by atoms with van der Waals surface area (Å²) < 4.78 is 5.60. The molecule has 0 saturated heterocycles. The van der Waals surface area contributed by atoms with Crippen molar-refractivity contribution in [3.05, 3.63) is 59.7 Å². The van der Waals surface area contributed by atoms with E-state index in [1.165, 1.54) is 0 Å². The zero-order chi connectivity index (χ0) is 24.8. The summed E-state index contributed by atoms with van der Waals surface area (Å²) in [6.07, 6.45) is 4.25. The number of aliphatic carboxylic acids is 1. The Labute approximate surface area is 206 Å². The molecule has 3 N–H and O–H groups in total. The molecule has 2 aromatic rings. The first-order valence-corrected chi connectivity index (χ1v) is 12.6. The molecular formula is C28H34N2O5. The lowest BCUT2D eigenvalue weighted by molar-refractivity contribution is -0.143. The summed E-state index contributed by atoms with van der Waals surface area (Å²) in [4.78, 5) is 37.1. The minimum absolute atomic E-state index is 0.0335. The summed E-state index contributed by atoms with van der Waals surface area (Å²) in [6.45, 7) is 2.32. The molecule has 2 aliphatic carbocycles. The Morgan fingerprint density at radius 3 is 2.20 bits per heavy atom. The molecule has 0 radical (unpaired) electrons. The van der Waals surface area contributed by atoms with Crippen LogP contribution in [-0.2, 0) is 14.3 Å². The van der Waals surface area contributed by atoms with E-state index in [9.17, 15) is 19.5 Å². The number of fused-ring (bicyclic) bond motifs is 3. The Morgan fingerprint density at radius 2 is 1.66 bits per heavy atom. The highest BCUT2D eigenvalue weighted by Crippen LogP contribution is 2.44. The maximum atomic E-state index is 12.9. The van der Waals surface area contributed by atoms with Gasteiger partial charge in [0.05, 0.1) is 5.92 Å². The number of carbonyl (C=O) groups is 3. The van der Waals surface area contributed by atoms with E-state index < -0.39 is 24.0 Å². The first kappa shape index (κ1) is 24.8. The van der Waals surface area contributed by atoms with Gasteiger partial charge < -0.3 is 20.5 Å². The Hall–Kier alpha value is -3.35. The number of carbonyl (C=O) groups excluding carboxylic acids is 2. The molecule has 2 aromatic carbocycles. The second-order valence-electron chi connectivity index (χ2n) is 9.55. The van der Waals surface area contributed by atoms with E-state index in [0.29, 0.717) is 6.42 Å². The zero-order valence-corrected chi connectivity index (χ0v) is 20.2. The summed E-state index contributed by atoms with van der Waals surface area (Å²) in [5.41, 5.74) is 4.60. The fraction of sp³-hybridized carbons (Fsp3) is 0.464. The van der Waals surface area contributed by atoms with Crippen LogP contribution in [0.5, 0.6) is 0 Å². The SMILES string of the molecule is CCCC[C@H](NC(=O)C(CNC(=O)OCC1c2ccccc2-c2ccccc21)C1CCC1)C(=O)O. The lowest BCUT2D eigenvalue weighted by atomic mass is 9.75. The van der Waals surface area contributed by atoms with Gasteiger partial charge in [0.25, 0.3) is 0 Å². The molecule has 4 rings (SSSR count).